The molecule has 1 aromatic rings. The van der Waals surface area contributed by atoms with Crippen molar-refractivity contribution in [1.82, 2.24) is 0 Å². The predicted octanol–water partition coefficient (Wildman–Crippen LogP) is 3.94. The molecule has 3 aliphatic carbocycles. The second-order valence-corrected chi connectivity index (χ2v) is 8.15. The van der Waals surface area contributed by atoms with Gasteiger partial charge in [-0.2, -0.15) is 0 Å². The molecule has 2 fully saturated rings. The fourth-order valence-corrected chi connectivity index (χ4v) is 6.08. The van der Waals surface area contributed by atoms with Crippen LogP contribution in [0, 0.1) is 23.2 Å². The molecule has 1 aromatic carbocycles. The summed E-state index contributed by atoms with van der Waals surface area (Å²) < 4.78 is 5.38. The first kappa shape index (κ1) is 15.9. The summed E-state index contributed by atoms with van der Waals surface area (Å²) in [4.78, 5) is 23.8. The first-order valence-corrected chi connectivity index (χ1v) is 9.22. The van der Waals surface area contributed by atoms with Crippen LogP contribution in [0.3, 0.4) is 0 Å². The van der Waals surface area contributed by atoms with E-state index in [1.807, 2.05) is 0 Å². The Labute approximate surface area is 143 Å². The van der Waals surface area contributed by atoms with E-state index >= 15 is 0 Å². The third-order valence-corrected chi connectivity index (χ3v) is 7.18. The molecular formula is C21H26O3. The van der Waals surface area contributed by atoms with Gasteiger partial charge in [-0.15, -0.1) is 0 Å². The number of carbonyl (C=O) groups excluding carboxylic acids is 2. The summed E-state index contributed by atoms with van der Waals surface area (Å²) in [6.45, 7) is 2.17. The van der Waals surface area contributed by atoms with Crippen molar-refractivity contribution in [2.45, 2.75) is 51.4 Å². The fraction of sp³-hybridized carbons (Fsp3) is 0.619. The lowest BCUT2D eigenvalue weighted by Gasteiger charge is -2.49. The van der Waals surface area contributed by atoms with Crippen LogP contribution in [0.25, 0.3) is 0 Å². The Morgan fingerprint density at radius 2 is 2.17 bits per heavy atom. The van der Waals surface area contributed by atoms with Gasteiger partial charge in [0, 0.05) is 18.3 Å². The van der Waals surface area contributed by atoms with Crippen LogP contribution in [0.1, 0.15) is 56.1 Å². The maximum absolute atomic E-state index is 12.7. The lowest BCUT2D eigenvalue weighted by atomic mass is 9.54. The van der Waals surface area contributed by atoms with Crippen molar-refractivity contribution in [1.29, 1.82) is 0 Å². The smallest absolute Gasteiger partial charge is 0.139 e. The van der Waals surface area contributed by atoms with Gasteiger partial charge in [-0.25, -0.2) is 0 Å². The molecule has 0 bridgehead atoms. The van der Waals surface area contributed by atoms with Gasteiger partial charge in [-0.05, 0) is 72.6 Å². The average Bonchev–Trinajstić information content (AvgIpc) is 2.85. The average molecular weight is 326 g/mol. The van der Waals surface area contributed by atoms with Gasteiger partial charge in [0.1, 0.15) is 17.8 Å². The molecule has 0 heterocycles. The molecule has 0 N–H and O–H groups in total. The Kier molecular flexibility index (Phi) is 3.78. The Balaban J connectivity index is 1.71. The first-order valence-electron chi connectivity index (χ1n) is 9.22. The van der Waals surface area contributed by atoms with Gasteiger partial charge in [-0.3, -0.25) is 4.79 Å². The number of aryl methyl sites for hydroxylation is 1. The zero-order valence-corrected chi connectivity index (χ0v) is 14.6. The van der Waals surface area contributed by atoms with Crippen molar-refractivity contribution in [3.05, 3.63) is 29.3 Å². The zero-order valence-electron chi connectivity index (χ0n) is 14.6. The molecule has 0 aliphatic heterocycles. The first-order chi connectivity index (χ1) is 11.6. The number of carbonyl (C=O) groups is 2. The largest absolute Gasteiger partial charge is 0.497 e. The van der Waals surface area contributed by atoms with Crippen molar-refractivity contribution in [3.63, 3.8) is 0 Å². The third-order valence-electron chi connectivity index (χ3n) is 7.18. The molecule has 0 saturated heterocycles. The summed E-state index contributed by atoms with van der Waals surface area (Å²) in [5.41, 5.74) is 2.67. The van der Waals surface area contributed by atoms with E-state index in [4.69, 9.17) is 4.74 Å². The summed E-state index contributed by atoms with van der Waals surface area (Å²) in [5, 5.41) is 0. The number of ketones is 1. The van der Waals surface area contributed by atoms with Gasteiger partial charge in [0.2, 0.25) is 0 Å². The van der Waals surface area contributed by atoms with E-state index in [1.54, 1.807) is 7.11 Å². The maximum atomic E-state index is 12.7. The van der Waals surface area contributed by atoms with Crippen molar-refractivity contribution in [2.24, 2.45) is 23.2 Å². The quantitative estimate of drug-likeness (QED) is 0.790. The Morgan fingerprint density at radius 1 is 1.33 bits per heavy atom. The molecule has 3 heteroatoms. The summed E-state index contributed by atoms with van der Waals surface area (Å²) in [5.74, 6) is 3.05. The number of benzene rings is 1. The predicted molar refractivity (Wildman–Crippen MR) is 92.2 cm³/mol. The van der Waals surface area contributed by atoms with Gasteiger partial charge in [-0.1, -0.05) is 13.0 Å². The van der Waals surface area contributed by atoms with Gasteiger partial charge in [0.25, 0.3) is 0 Å². The maximum Gasteiger partial charge on any atom is 0.139 e. The zero-order chi connectivity index (χ0) is 16.9. The molecule has 0 unspecified atom stereocenters. The molecule has 128 valence electrons. The van der Waals surface area contributed by atoms with Crippen molar-refractivity contribution < 1.29 is 14.3 Å². The van der Waals surface area contributed by atoms with Crippen LogP contribution in [0.15, 0.2) is 18.2 Å². The van der Waals surface area contributed by atoms with Crippen LogP contribution in [0.2, 0.25) is 0 Å². The molecule has 3 aliphatic rings. The number of methoxy groups -OCH3 is 1. The number of fused-ring (bicyclic) bond motifs is 5. The Morgan fingerprint density at radius 3 is 2.92 bits per heavy atom. The number of Topliss-reactive ketones (excluding diaryl/α,β-unsaturated/α-hetero) is 1. The van der Waals surface area contributed by atoms with E-state index in [2.05, 4.69) is 25.1 Å². The van der Waals surface area contributed by atoms with Crippen molar-refractivity contribution >= 4 is 12.1 Å². The number of aldehydes is 1. The summed E-state index contributed by atoms with van der Waals surface area (Å²) in [7, 11) is 1.72. The van der Waals surface area contributed by atoms with Gasteiger partial charge in [0.05, 0.1) is 7.11 Å². The molecule has 0 spiro atoms. The molecule has 0 radical (unpaired) electrons. The SMILES string of the molecule is COc1ccc2c(c1)CC[C@H]1[C@@H]3[C@@H](CC=O)CC(=O)[C@@]3(C)CC[C@H]21. The van der Waals surface area contributed by atoms with E-state index in [-0.39, 0.29) is 11.3 Å². The van der Waals surface area contributed by atoms with Crippen LogP contribution < -0.4 is 4.74 Å². The minimum absolute atomic E-state index is 0.196. The van der Waals surface area contributed by atoms with Crippen LogP contribution >= 0.6 is 0 Å². The molecule has 0 aromatic heterocycles. The van der Waals surface area contributed by atoms with E-state index in [9.17, 15) is 9.59 Å². The summed E-state index contributed by atoms with van der Waals surface area (Å²) in [6, 6.07) is 6.49. The monoisotopic (exact) mass is 326 g/mol. The summed E-state index contributed by atoms with van der Waals surface area (Å²) >= 11 is 0. The minimum atomic E-state index is -0.196. The molecule has 4 rings (SSSR count). The highest BCUT2D eigenvalue weighted by Gasteiger charge is 2.58. The molecular weight excluding hydrogens is 300 g/mol. The molecule has 24 heavy (non-hydrogen) atoms. The normalized spacial score (nSPS) is 37.3. The van der Waals surface area contributed by atoms with E-state index < -0.39 is 0 Å². The number of ether oxygens (including phenoxy) is 1. The topological polar surface area (TPSA) is 43.4 Å². The standard InChI is InChI=1S/C21H26O3/c1-21-9-7-17-16-6-4-15(24-2)11-13(16)3-5-18(17)20(21)14(8-10-22)12-19(21)23/h4,6,10-11,14,17-18,20H,3,5,7-9,12H2,1-2H3/t14-,17+,18+,20-,21+/m0/s1. The lowest BCUT2D eigenvalue weighted by Crippen LogP contribution is -2.44. The number of hydrogen-bond acceptors (Lipinski definition) is 3. The van der Waals surface area contributed by atoms with Crippen LogP contribution in [0.4, 0.5) is 0 Å². The Bertz CT molecular complexity index is 680. The molecule has 5 atom stereocenters. The highest BCUT2D eigenvalue weighted by Crippen LogP contribution is 2.61. The second kappa shape index (κ2) is 5.72. The van der Waals surface area contributed by atoms with Gasteiger partial charge in [0.15, 0.2) is 0 Å². The van der Waals surface area contributed by atoms with Gasteiger partial charge >= 0.3 is 0 Å². The lowest BCUT2D eigenvalue weighted by molar-refractivity contribution is -0.129. The number of rotatable bonds is 3. The number of hydrogen-bond donors (Lipinski definition) is 0. The highest BCUT2D eigenvalue weighted by atomic mass is 16.5. The second-order valence-electron chi connectivity index (χ2n) is 8.15. The molecule has 2 saturated carbocycles. The van der Waals surface area contributed by atoms with E-state index in [1.165, 1.54) is 11.1 Å². The van der Waals surface area contributed by atoms with Crippen LogP contribution in [-0.4, -0.2) is 19.2 Å². The molecule has 0 amide bonds. The van der Waals surface area contributed by atoms with E-state index in [0.717, 1.165) is 37.7 Å². The highest BCUT2D eigenvalue weighted by molar-refractivity contribution is 5.88. The van der Waals surface area contributed by atoms with Gasteiger partial charge < -0.3 is 9.53 Å². The fourth-order valence-electron chi connectivity index (χ4n) is 6.08. The molecule has 3 nitrogen and oxygen atoms in total. The minimum Gasteiger partial charge on any atom is -0.497 e. The van der Waals surface area contributed by atoms with Crippen LogP contribution in [-0.2, 0) is 16.0 Å². The Hall–Kier alpha value is -1.64. The van der Waals surface area contributed by atoms with Crippen molar-refractivity contribution in [3.8, 4) is 5.75 Å². The van der Waals surface area contributed by atoms with Crippen molar-refractivity contribution in [2.75, 3.05) is 7.11 Å². The third kappa shape index (κ3) is 2.17. The van der Waals surface area contributed by atoms with Crippen LogP contribution in [0.5, 0.6) is 5.75 Å². The van der Waals surface area contributed by atoms with E-state index in [0.29, 0.717) is 36.4 Å². The summed E-state index contributed by atoms with van der Waals surface area (Å²) in [6.07, 6.45) is 6.43.